The molecule has 48 heavy (non-hydrogen) atoms. The van der Waals surface area contributed by atoms with Crippen molar-refractivity contribution in [1.82, 2.24) is 9.55 Å². The Bertz CT molecular complexity index is 2540. The van der Waals surface area contributed by atoms with Crippen LogP contribution in [0, 0.1) is 0 Å². The largest absolute Gasteiger partial charge is 0.308 e. The van der Waals surface area contributed by atoms with Crippen LogP contribution in [-0.4, -0.2) is 21.4 Å². The van der Waals surface area contributed by atoms with Crippen molar-refractivity contribution in [2.45, 2.75) is 0 Å². The number of benzene rings is 6. The number of amides is 2. The molecule has 0 fully saturated rings. The molecule has 2 aromatic heterocycles. The van der Waals surface area contributed by atoms with E-state index in [0.717, 1.165) is 55.2 Å². The first kappa shape index (κ1) is 27.7. The van der Waals surface area contributed by atoms with Crippen LogP contribution in [0.25, 0.3) is 60.9 Å². The molecule has 3 heterocycles. The molecule has 0 aliphatic carbocycles. The standard InChI is InChI=1S/C43H27N3O2/c47-42-36-15-9-17-38(45-37-16-8-7-14-34(37)35-21-19-32(27-40(35)45)29-22-24-44-25-23-29)41(36)43(48)46(42)39-26-31(28-10-3-1-4-11-28)18-20-33(39)30-12-5-2-6-13-30/h1-27H. The fraction of sp³-hybridized carbons (Fsp3) is 0. The van der Waals surface area contributed by atoms with E-state index in [4.69, 9.17) is 0 Å². The van der Waals surface area contributed by atoms with Crippen LogP contribution in [0.3, 0.4) is 0 Å². The van der Waals surface area contributed by atoms with Crippen LogP contribution in [0.4, 0.5) is 5.69 Å². The summed E-state index contributed by atoms with van der Waals surface area (Å²) < 4.78 is 2.13. The van der Waals surface area contributed by atoms with Crippen molar-refractivity contribution in [2.24, 2.45) is 0 Å². The van der Waals surface area contributed by atoms with E-state index in [1.54, 1.807) is 18.5 Å². The molecule has 0 bridgehead atoms. The van der Waals surface area contributed by atoms with Crippen LogP contribution in [0.2, 0.25) is 0 Å². The summed E-state index contributed by atoms with van der Waals surface area (Å²) in [6.07, 6.45) is 3.57. The van der Waals surface area contributed by atoms with Crippen molar-refractivity contribution in [2.75, 3.05) is 4.90 Å². The molecule has 5 heteroatoms. The topological polar surface area (TPSA) is 55.2 Å². The van der Waals surface area contributed by atoms with E-state index in [9.17, 15) is 9.59 Å². The lowest BCUT2D eigenvalue weighted by Crippen LogP contribution is -2.30. The maximum atomic E-state index is 14.8. The number of nitrogens with zero attached hydrogens (tertiary/aromatic N) is 3. The van der Waals surface area contributed by atoms with Crippen molar-refractivity contribution >= 4 is 39.3 Å². The number of fused-ring (bicyclic) bond motifs is 4. The van der Waals surface area contributed by atoms with Gasteiger partial charge in [0.15, 0.2) is 0 Å². The van der Waals surface area contributed by atoms with Gasteiger partial charge >= 0.3 is 0 Å². The van der Waals surface area contributed by atoms with Gasteiger partial charge in [-0.05, 0) is 70.3 Å². The summed E-state index contributed by atoms with van der Waals surface area (Å²) in [5.74, 6) is -0.679. The van der Waals surface area contributed by atoms with E-state index in [1.807, 2.05) is 115 Å². The second kappa shape index (κ2) is 11.0. The lowest BCUT2D eigenvalue weighted by atomic mass is 9.97. The van der Waals surface area contributed by atoms with Crippen molar-refractivity contribution in [3.05, 3.63) is 175 Å². The smallest absolute Gasteiger partial charge is 0.268 e. The monoisotopic (exact) mass is 617 g/mol. The molecule has 0 spiro atoms. The van der Waals surface area contributed by atoms with Gasteiger partial charge in [-0.25, -0.2) is 4.90 Å². The molecular weight excluding hydrogens is 590 g/mol. The molecule has 0 N–H and O–H groups in total. The molecule has 9 rings (SSSR count). The highest BCUT2D eigenvalue weighted by molar-refractivity contribution is 6.36. The number of carbonyl (C=O) groups is 2. The molecule has 5 nitrogen and oxygen atoms in total. The Morgan fingerprint density at radius 3 is 1.85 bits per heavy atom. The second-order valence-corrected chi connectivity index (χ2v) is 11.9. The quantitative estimate of drug-likeness (QED) is 0.181. The Balaban J connectivity index is 1.26. The fourth-order valence-electron chi connectivity index (χ4n) is 7.02. The highest BCUT2D eigenvalue weighted by Crippen LogP contribution is 2.42. The van der Waals surface area contributed by atoms with Gasteiger partial charge in [0, 0.05) is 28.7 Å². The average Bonchev–Trinajstić information content (AvgIpc) is 3.62. The van der Waals surface area contributed by atoms with Crippen molar-refractivity contribution in [1.29, 1.82) is 0 Å². The molecule has 1 aliphatic heterocycles. The number of aromatic nitrogens is 2. The third-order valence-corrected chi connectivity index (χ3v) is 9.25. The van der Waals surface area contributed by atoms with Crippen LogP contribution in [0.5, 0.6) is 0 Å². The van der Waals surface area contributed by atoms with E-state index in [1.165, 1.54) is 4.90 Å². The zero-order valence-corrected chi connectivity index (χ0v) is 25.7. The van der Waals surface area contributed by atoms with Crippen molar-refractivity contribution < 1.29 is 9.59 Å². The molecule has 0 saturated carbocycles. The van der Waals surface area contributed by atoms with Crippen molar-refractivity contribution in [3.63, 3.8) is 0 Å². The van der Waals surface area contributed by atoms with Gasteiger partial charge in [0.05, 0.1) is 33.5 Å². The molecule has 0 unspecified atom stereocenters. The summed E-state index contributed by atoms with van der Waals surface area (Å²) in [7, 11) is 0. The lowest BCUT2D eigenvalue weighted by molar-refractivity contribution is 0.0926. The number of pyridine rings is 1. The fourth-order valence-corrected chi connectivity index (χ4v) is 7.02. The van der Waals surface area contributed by atoms with Gasteiger partial charge in [-0.3, -0.25) is 14.6 Å². The Labute approximate surface area is 277 Å². The number of hydrogen-bond donors (Lipinski definition) is 0. The molecule has 226 valence electrons. The minimum absolute atomic E-state index is 0.336. The molecule has 0 atom stereocenters. The van der Waals surface area contributed by atoms with Gasteiger partial charge in [-0.1, -0.05) is 109 Å². The highest BCUT2D eigenvalue weighted by atomic mass is 16.2. The molecule has 0 saturated heterocycles. The Hall–Kier alpha value is -6.59. The average molecular weight is 618 g/mol. The molecule has 0 radical (unpaired) electrons. The second-order valence-electron chi connectivity index (χ2n) is 11.9. The molecule has 1 aliphatic rings. The predicted molar refractivity (Wildman–Crippen MR) is 192 cm³/mol. The van der Waals surface area contributed by atoms with Gasteiger partial charge in [-0.2, -0.15) is 0 Å². The summed E-state index contributed by atoms with van der Waals surface area (Å²) in [5, 5.41) is 2.14. The van der Waals surface area contributed by atoms with Gasteiger partial charge in [0.2, 0.25) is 0 Å². The summed E-state index contributed by atoms with van der Waals surface area (Å²) in [4.78, 5) is 34.8. The first-order valence-corrected chi connectivity index (χ1v) is 15.9. The molecule has 8 aromatic rings. The van der Waals surface area contributed by atoms with Gasteiger partial charge in [-0.15, -0.1) is 0 Å². The minimum atomic E-state index is -0.343. The predicted octanol–water partition coefficient (Wildman–Crippen LogP) is 9.98. The Morgan fingerprint density at radius 1 is 0.417 bits per heavy atom. The third kappa shape index (κ3) is 4.29. The normalized spacial score (nSPS) is 12.6. The maximum Gasteiger partial charge on any atom is 0.268 e. The Morgan fingerprint density at radius 2 is 1.06 bits per heavy atom. The summed E-state index contributed by atoms with van der Waals surface area (Å²) in [6, 6.07) is 50.1. The van der Waals surface area contributed by atoms with Crippen LogP contribution in [0.1, 0.15) is 20.7 Å². The third-order valence-electron chi connectivity index (χ3n) is 9.25. The van der Waals surface area contributed by atoms with Crippen molar-refractivity contribution in [3.8, 4) is 39.1 Å². The van der Waals surface area contributed by atoms with Crippen LogP contribution in [0.15, 0.2) is 164 Å². The molecular formula is C43H27N3O2. The SMILES string of the molecule is O=C1c2cccc(-n3c4ccccc4c4ccc(-c5ccncc5)cc43)c2C(=O)N1c1cc(-c2ccccc2)ccc1-c1ccccc1. The van der Waals surface area contributed by atoms with E-state index in [2.05, 4.69) is 39.9 Å². The van der Waals surface area contributed by atoms with E-state index < -0.39 is 0 Å². The number of para-hydroxylation sites is 1. The maximum absolute atomic E-state index is 14.8. The number of anilines is 1. The van der Waals surface area contributed by atoms with E-state index in [0.29, 0.717) is 22.5 Å². The Kier molecular flexibility index (Phi) is 6.37. The van der Waals surface area contributed by atoms with Gasteiger partial charge < -0.3 is 4.57 Å². The number of rotatable bonds is 5. The van der Waals surface area contributed by atoms with E-state index in [-0.39, 0.29) is 11.8 Å². The van der Waals surface area contributed by atoms with Gasteiger partial charge in [0.1, 0.15) is 0 Å². The molecule has 6 aromatic carbocycles. The highest BCUT2D eigenvalue weighted by Gasteiger charge is 2.40. The lowest BCUT2D eigenvalue weighted by Gasteiger charge is -2.20. The zero-order valence-electron chi connectivity index (χ0n) is 25.7. The zero-order chi connectivity index (χ0) is 32.2. The first-order valence-electron chi connectivity index (χ1n) is 15.9. The van der Waals surface area contributed by atoms with Gasteiger partial charge in [0.25, 0.3) is 11.8 Å². The first-order chi connectivity index (χ1) is 23.7. The van der Waals surface area contributed by atoms with Crippen LogP contribution in [-0.2, 0) is 0 Å². The summed E-state index contributed by atoms with van der Waals surface area (Å²) in [5.41, 5.74) is 9.67. The molecule has 2 amide bonds. The summed E-state index contributed by atoms with van der Waals surface area (Å²) in [6.45, 7) is 0. The number of carbonyl (C=O) groups excluding carboxylic acids is 2. The summed E-state index contributed by atoms with van der Waals surface area (Å²) >= 11 is 0. The van der Waals surface area contributed by atoms with Crippen LogP contribution >= 0.6 is 0 Å². The van der Waals surface area contributed by atoms with Crippen LogP contribution < -0.4 is 4.90 Å². The minimum Gasteiger partial charge on any atom is -0.308 e. The van der Waals surface area contributed by atoms with E-state index >= 15 is 0 Å². The number of hydrogen-bond acceptors (Lipinski definition) is 3. The number of imide groups is 1.